The molecule has 1 amide bonds. The summed E-state index contributed by atoms with van der Waals surface area (Å²) in [6, 6.07) is 4.05. The summed E-state index contributed by atoms with van der Waals surface area (Å²) in [5, 5.41) is 14.2. The zero-order chi connectivity index (χ0) is 20.3. The molecule has 4 rings (SSSR count). The van der Waals surface area contributed by atoms with Gasteiger partial charge >= 0.3 is 0 Å². The summed E-state index contributed by atoms with van der Waals surface area (Å²) in [5.41, 5.74) is -0.0186. The number of nitro benzene ring substituents is 1. The van der Waals surface area contributed by atoms with E-state index in [1.54, 1.807) is 0 Å². The molecule has 1 aromatic carbocycles. The van der Waals surface area contributed by atoms with Crippen molar-refractivity contribution in [2.24, 2.45) is 16.7 Å². The molecule has 2 fully saturated rings. The fourth-order valence-electron chi connectivity index (χ4n) is 5.19. The molecular formula is C20H24N4O4. The molecular weight excluding hydrogens is 360 g/mol. The van der Waals surface area contributed by atoms with Crippen LogP contribution in [0, 0.1) is 26.9 Å². The van der Waals surface area contributed by atoms with Gasteiger partial charge in [-0.3, -0.25) is 24.3 Å². The van der Waals surface area contributed by atoms with Crippen LogP contribution in [-0.4, -0.2) is 26.4 Å². The van der Waals surface area contributed by atoms with Gasteiger partial charge < -0.3 is 5.32 Å². The second-order valence-electron chi connectivity index (χ2n) is 8.87. The number of carbonyl (C=O) groups is 1. The topological polar surface area (TPSA) is 107 Å². The highest BCUT2D eigenvalue weighted by Crippen LogP contribution is 2.65. The smallest absolute Gasteiger partial charge is 0.270 e. The predicted octanol–water partition coefficient (Wildman–Crippen LogP) is 2.64. The van der Waals surface area contributed by atoms with Gasteiger partial charge in [-0.1, -0.05) is 20.8 Å². The van der Waals surface area contributed by atoms with E-state index in [2.05, 4.69) is 31.1 Å². The van der Waals surface area contributed by atoms with E-state index in [1.165, 1.54) is 35.5 Å². The summed E-state index contributed by atoms with van der Waals surface area (Å²) in [5.74, 6) is 0.372. The molecule has 2 aromatic rings. The Bertz CT molecular complexity index is 1040. The minimum absolute atomic E-state index is 0.0561. The van der Waals surface area contributed by atoms with Crippen LogP contribution in [0.5, 0.6) is 0 Å². The number of benzene rings is 1. The van der Waals surface area contributed by atoms with Crippen molar-refractivity contribution < 1.29 is 9.72 Å². The van der Waals surface area contributed by atoms with Crippen molar-refractivity contribution in [1.29, 1.82) is 0 Å². The lowest BCUT2D eigenvalue weighted by Gasteiger charge is -2.39. The average molecular weight is 384 g/mol. The first-order chi connectivity index (χ1) is 13.1. The van der Waals surface area contributed by atoms with Crippen molar-refractivity contribution in [3.05, 3.63) is 45.0 Å². The van der Waals surface area contributed by atoms with Gasteiger partial charge in [0.1, 0.15) is 6.54 Å². The van der Waals surface area contributed by atoms with Gasteiger partial charge in [0.15, 0.2) is 0 Å². The molecule has 0 saturated heterocycles. The predicted molar refractivity (Wildman–Crippen MR) is 104 cm³/mol. The van der Waals surface area contributed by atoms with E-state index < -0.39 is 10.5 Å². The normalized spacial score (nSPS) is 27.8. The zero-order valence-corrected chi connectivity index (χ0v) is 16.3. The summed E-state index contributed by atoms with van der Waals surface area (Å²) >= 11 is 0. The van der Waals surface area contributed by atoms with Gasteiger partial charge in [-0.05, 0) is 42.1 Å². The van der Waals surface area contributed by atoms with E-state index in [-0.39, 0.29) is 40.4 Å². The SMILES string of the molecule is CC1(C)[C@H]2CC[C@@]1(C)[C@H](NC(=O)Cn1cnc3ccc([N+](=O)[O-])cc3c1=O)C2. The van der Waals surface area contributed by atoms with Crippen LogP contribution in [0.3, 0.4) is 0 Å². The third-order valence-corrected chi connectivity index (χ3v) is 7.46. The number of nitro groups is 1. The molecule has 3 atom stereocenters. The maximum atomic E-state index is 12.7. The third-order valence-electron chi connectivity index (χ3n) is 7.46. The quantitative estimate of drug-likeness (QED) is 0.644. The van der Waals surface area contributed by atoms with Crippen molar-refractivity contribution in [1.82, 2.24) is 14.9 Å². The highest BCUT2D eigenvalue weighted by molar-refractivity contribution is 5.81. The highest BCUT2D eigenvalue weighted by Gasteiger charge is 2.61. The number of rotatable bonds is 4. The molecule has 1 heterocycles. The Labute approximate surface area is 162 Å². The van der Waals surface area contributed by atoms with Crippen LogP contribution >= 0.6 is 0 Å². The van der Waals surface area contributed by atoms with Gasteiger partial charge in [-0.15, -0.1) is 0 Å². The Morgan fingerprint density at radius 3 is 2.75 bits per heavy atom. The van der Waals surface area contributed by atoms with Crippen LogP contribution in [0.2, 0.25) is 0 Å². The molecule has 1 aromatic heterocycles. The van der Waals surface area contributed by atoms with Gasteiger partial charge in [0.25, 0.3) is 11.2 Å². The second kappa shape index (κ2) is 6.12. The van der Waals surface area contributed by atoms with Crippen LogP contribution < -0.4 is 10.9 Å². The summed E-state index contributed by atoms with van der Waals surface area (Å²) in [6.45, 7) is 6.65. The first kappa shape index (κ1) is 18.6. The Hall–Kier alpha value is -2.77. The second-order valence-corrected chi connectivity index (χ2v) is 8.87. The minimum Gasteiger partial charge on any atom is -0.351 e. The molecule has 0 radical (unpaired) electrons. The molecule has 0 spiro atoms. The zero-order valence-electron chi connectivity index (χ0n) is 16.3. The molecule has 8 nitrogen and oxygen atoms in total. The lowest BCUT2D eigenvalue weighted by Crippen LogP contribution is -2.48. The van der Waals surface area contributed by atoms with Crippen LogP contribution in [0.15, 0.2) is 29.3 Å². The monoisotopic (exact) mass is 384 g/mol. The van der Waals surface area contributed by atoms with Crippen molar-refractivity contribution >= 4 is 22.5 Å². The first-order valence-corrected chi connectivity index (χ1v) is 9.56. The Kier molecular flexibility index (Phi) is 4.06. The van der Waals surface area contributed by atoms with E-state index in [0.717, 1.165) is 12.8 Å². The number of carbonyl (C=O) groups excluding carboxylic acids is 1. The molecule has 2 saturated carbocycles. The van der Waals surface area contributed by atoms with Crippen LogP contribution in [0.25, 0.3) is 10.9 Å². The molecule has 2 aliphatic carbocycles. The number of nitrogens with zero attached hydrogens (tertiary/aromatic N) is 3. The van der Waals surface area contributed by atoms with Crippen LogP contribution in [-0.2, 0) is 11.3 Å². The summed E-state index contributed by atoms with van der Waals surface area (Å²) < 4.78 is 1.21. The standard InChI is InChI=1S/C20H24N4O4/c1-19(2)12-6-7-20(19,3)16(8-12)22-17(25)10-23-11-21-15-5-4-13(24(27)28)9-14(15)18(23)26/h4-5,9,11-12,16H,6-8,10H2,1-3H3,(H,22,25)/t12-,16+,20-/m0/s1. The van der Waals surface area contributed by atoms with Crippen LogP contribution in [0.4, 0.5) is 5.69 Å². The van der Waals surface area contributed by atoms with Gasteiger partial charge in [0, 0.05) is 18.2 Å². The number of nitrogens with one attached hydrogen (secondary N) is 1. The molecule has 1 N–H and O–H groups in total. The minimum atomic E-state index is -0.555. The Balaban J connectivity index is 1.55. The van der Waals surface area contributed by atoms with E-state index in [4.69, 9.17) is 0 Å². The number of aromatic nitrogens is 2. The van der Waals surface area contributed by atoms with Gasteiger partial charge in [-0.25, -0.2) is 4.98 Å². The molecule has 2 aliphatic rings. The largest absolute Gasteiger partial charge is 0.351 e. The summed E-state index contributed by atoms with van der Waals surface area (Å²) in [7, 11) is 0. The molecule has 8 heteroatoms. The van der Waals surface area contributed by atoms with Crippen molar-refractivity contribution in [3.63, 3.8) is 0 Å². The molecule has 0 unspecified atom stereocenters. The average Bonchev–Trinajstić information content (AvgIpc) is 2.97. The number of hydrogen-bond acceptors (Lipinski definition) is 5. The van der Waals surface area contributed by atoms with E-state index in [1.807, 2.05) is 0 Å². The van der Waals surface area contributed by atoms with E-state index in [0.29, 0.717) is 11.4 Å². The number of hydrogen-bond donors (Lipinski definition) is 1. The summed E-state index contributed by atoms with van der Waals surface area (Å²) in [4.78, 5) is 39.9. The van der Waals surface area contributed by atoms with Crippen molar-refractivity contribution in [2.45, 2.75) is 52.6 Å². The molecule has 148 valence electrons. The van der Waals surface area contributed by atoms with Gasteiger partial charge in [-0.2, -0.15) is 0 Å². The Morgan fingerprint density at radius 2 is 2.14 bits per heavy atom. The van der Waals surface area contributed by atoms with E-state index in [9.17, 15) is 19.7 Å². The highest BCUT2D eigenvalue weighted by atomic mass is 16.6. The maximum Gasteiger partial charge on any atom is 0.270 e. The fourth-order valence-corrected chi connectivity index (χ4v) is 5.19. The number of fused-ring (bicyclic) bond motifs is 3. The van der Waals surface area contributed by atoms with Gasteiger partial charge in [0.2, 0.25) is 5.91 Å². The lowest BCUT2D eigenvalue weighted by atomic mass is 9.69. The van der Waals surface area contributed by atoms with Gasteiger partial charge in [0.05, 0.1) is 22.2 Å². The maximum absolute atomic E-state index is 12.7. The number of amides is 1. The Morgan fingerprint density at radius 1 is 1.39 bits per heavy atom. The lowest BCUT2D eigenvalue weighted by molar-refractivity contribution is -0.384. The fraction of sp³-hybridized carbons (Fsp3) is 0.550. The first-order valence-electron chi connectivity index (χ1n) is 9.56. The number of non-ortho nitro benzene ring substituents is 1. The summed E-state index contributed by atoms with van der Waals surface area (Å²) in [6.07, 6.45) is 4.58. The van der Waals surface area contributed by atoms with E-state index >= 15 is 0 Å². The molecule has 0 aliphatic heterocycles. The van der Waals surface area contributed by atoms with Crippen molar-refractivity contribution in [2.75, 3.05) is 0 Å². The third kappa shape index (κ3) is 2.62. The van der Waals surface area contributed by atoms with Crippen molar-refractivity contribution in [3.8, 4) is 0 Å². The van der Waals surface area contributed by atoms with Crippen LogP contribution in [0.1, 0.15) is 40.0 Å². The molecule has 2 bridgehead atoms. The molecule has 28 heavy (non-hydrogen) atoms.